The summed E-state index contributed by atoms with van der Waals surface area (Å²) >= 11 is 0. The van der Waals surface area contributed by atoms with Crippen LogP contribution < -0.4 is 10.6 Å². The number of rotatable bonds is 6. The number of aromatic nitrogens is 1. The number of aryl methyl sites for hydroxylation is 1. The first kappa shape index (κ1) is 21.8. The molecular formula is C20H18F3N3O3. The number of halogens is 3. The first-order valence-corrected chi connectivity index (χ1v) is 8.41. The van der Waals surface area contributed by atoms with Gasteiger partial charge in [-0.15, -0.1) is 0 Å². The zero-order valence-electron chi connectivity index (χ0n) is 15.7. The molecule has 0 aliphatic carbocycles. The van der Waals surface area contributed by atoms with E-state index in [0.29, 0.717) is 11.6 Å². The van der Waals surface area contributed by atoms with Gasteiger partial charge in [-0.1, -0.05) is 12.6 Å². The van der Waals surface area contributed by atoms with Gasteiger partial charge in [-0.05, 0) is 49.2 Å². The van der Waals surface area contributed by atoms with Crippen molar-refractivity contribution < 1.29 is 27.6 Å². The molecule has 152 valence electrons. The third-order valence-corrected chi connectivity index (χ3v) is 3.84. The fraction of sp³-hybridized carbons (Fsp3) is 0.200. The second kappa shape index (κ2) is 8.68. The van der Waals surface area contributed by atoms with E-state index < -0.39 is 23.6 Å². The van der Waals surface area contributed by atoms with Gasteiger partial charge in [0.15, 0.2) is 5.78 Å². The third-order valence-electron chi connectivity index (χ3n) is 3.84. The van der Waals surface area contributed by atoms with E-state index >= 15 is 0 Å². The van der Waals surface area contributed by atoms with Crippen LogP contribution in [0.4, 0.5) is 19.0 Å². The quantitative estimate of drug-likeness (QED) is 0.720. The van der Waals surface area contributed by atoms with Crippen molar-refractivity contribution in [3.63, 3.8) is 0 Å². The second-order valence-corrected chi connectivity index (χ2v) is 6.33. The molecular weight excluding hydrogens is 387 g/mol. The average Bonchev–Trinajstić information content (AvgIpc) is 2.66. The lowest BCUT2D eigenvalue weighted by molar-refractivity contribution is -0.137. The Kier molecular flexibility index (Phi) is 6.53. The number of carbonyl (C=O) groups is 3. The summed E-state index contributed by atoms with van der Waals surface area (Å²) < 4.78 is 38.5. The van der Waals surface area contributed by atoms with Crippen molar-refractivity contribution in [2.45, 2.75) is 20.0 Å². The summed E-state index contributed by atoms with van der Waals surface area (Å²) in [5, 5.41) is 4.74. The van der Waals surface area contributed by atoms with Crippen LogP contribution in [-0.4, -0.2) is 29.1 Å². The van der Waals surface area contributed by atoms with Gasteiger partial charge in [0.1, 0.15) is 5.82 Å². The Balaban J connectivity index is 2.25. The minimum atomic E-state index is -4.60. The standard InChI is InChI=1S/C20H18F3N3O3/c1-11(2)16(27)10-25-19(29)15-7-12(3)9-24-17(15)26-18(28)13-5-4-6-14(8-13)20(21,22)23/h4-9H,1,10H2,2-3H3,(H,25,29)(H,24,26,28). The number of hydrogen-bond donors (Lipinski definition) is 2. The van der Waals surface area contributed by atoms with Gasteiger partial charge in [-0.2, -0.15) is 13.2 Å². The van der Waals surface area contributed by atoms with Crippen molar-refractivity contribution in [1.29, 1.82) is 0 Å². The molecule has 0 atom stereocenters. The summed E-state index contributed by atoms with van der Waals surface area (Å²) in [6.45, 7) is 6.37. The molecule has 9 heteroatoms. The summed E-state index contributed by atoms with van der Waals surface area (Å²) in [7, 11) is 0. The SMILES string of the molecule is C=C(C)C(=O)CNC(=O)c1cc(C)cnc1NC(=O)c1cccc(C(F)(F)F)c1. The number of nitrogens with one attached hydrogen (secondary N) is 2. The van der Waals surface area contributed by atoms with Crippen LogP contribution in [0.5, 0.6) is 0 Å². The maximum absolute atomic E-state index is 12.8. The Labute approximate surface area is 164 Å². The number of ketones is 1. The van der Waals surface area contributed by atoms with Gasteiger partial charge in [0.05, 0.1) is 17.7 Å². The smallest absolute Gasteiger partial charge is 0.344 e. The predicted molar refractivity (Wildman–Crippen MR) is 101 cm³/mol. The second-order valence-electron chi connectivity index (χ2n) is 6.33. The highest BCUT2D eigenvalue weighted by molar-refractivity contribution is 6.09. The molecule has 0 saturated heterocycles. The fourth-order valence-electron chi connectivity index (χ4n) is 2.27. The molecule has 1 aromatic carbocycles. The maximum Gasteiger partial charge on any atom is 0.416 e. The van der Waals surface area contributed by atoms with E-state index in [4.69, 9.17) is 0 Å². The van der Waals surface area contributed by atoms with E-state index in [1.807, 2.05) is 0 Å². The predicted octanol–water partition coefficient (Wildman–Crippen LogP) is 3.54. The van der Waals surface area contributed by atoms with Gasteiger partial charge in [-0.25, -0.2) is 4.98 Å². The summed E-state index contributed by atoms with van der Waals surface area (Å²) in [5.41, 5.74) is -0.367. The average molecular weight is 405 g/mol. The van der Waals surface area contributed by atoms with Crippen molar-refractivity contribution in [2.24, 2.45) is 0 Å². The minimum absolute atomic E-state index is 0.0279. The highest BCUT2D eigenvalue weighted by Crippen LogP contribution is 2.29. The van der Waals surface area contributed by atoms with Crippen LogP contribution in [0.3, 0.4) is 0 Å². The fourth-order valence-corrected chi connectivity index (χ4v) is 2.27. The molecule has 6 nitrogen and oxygen atoms in total. The topological polar surface area (TPSA) is 88.2 Å². The van der Waals surface area contributed by atoms with Crippen molar-refractivity contribution in [3.8, 4) is 0 Å². The number of carbonyl (C=O) groups excluding carboxylic acids is 3. The zero-order chi connectivity index (χ0) is 21.8. The number of Topliss-reactive ketones (excluding diaryl/α,β-unsaturated/α-hetero) is 1. The Hall–Kier alpha value is -3.49. The van der Waals surface area contributed by atoms with E-state index in [0.717, 1.165) is 12.1 Å². The van der Waals surface area contributed by atoms with Crippen LogP contribution >= 0.6 is 0 Å². The Bertz CT molecular complexity index is 984. The molecule has 0 fully saturated rings. The molecule has 0 spiro atoms. The normalized spacial score (nSPS) is 10.9. The van der Waals surface area contributed by atoms with E-state index in [-0.39, 0.29) is 34.8 Å². The summed E-state index contributed by atoms with van der Waals surface area (Å²) in [5.74, 6) is -2.04. The highest BCUT2D eigenvalue weighted by atomic mass is 19.4. The van der Waals surface area contributed by atoms with E-state index in [2.05, 4.69) is 22.2 Å². The zero-order valence-corrected chi connectivity index (χ0v) is 15.7. The Morgan fingerprint density at radius 2 is 1.83 bits per heavy atom. The van der Waals surface area contributed by atoms with E-state index in [1.165, 1.54) is 25.3 Å². The van der Waals surface area contributed by atoms with Crippen molar-refractivity contribution >= 4 is 23.4 Å². The monoisotopic (exact) mass is 405 g/mol. The molecule has 2 rings (SSSR count). The molecule has 0 aliphatic heterocycles. The van der Waals surface area contributed by atoms with Crippen molar-refractivity contribution in [2.75, 3.05) is 11.9 Å². The van der Waals surface area contributed by atoms with E-state index in [1.54, 1.807) is 6.92 Å². The molecule has 1 heterocycles. The first-order valence-electron chi connectivity index (χ1n) is 8.41. The summed E-state index contributed by atoms with van der Waals surface area (Å²) in [6.07, 6.45) is -3.21. The van der Waals surface area contributed by atoms with Crippen molar-refractivity contribution in [1.82, 2.24) is 10.3 Å². The van der Waals surface area contributed by atoms with Gasteiger partial charge in [0.2, 0.25) is 0 Å². The number of pyridine rings is 1. The summed E-state index contributed by atoms with van der Waals surface area (Å²) in [4.78, 5) is 40.4. The molecule has 2 amide bonds. The number of nitrogens with zero attached hydrogens (tertiary/aromatic N) is 1. The number of anilines is 1. The van der Waals surface area contributed by atoms with Gasteiger partial charge < -0.3 is 10.6 Å². The van der Waals surface area contributed by atoms with Crippen LogP contribution in [0.1, 0.15) is 38.8 Å². The van der Waals surface area contributed by atoms with E-state index in [9.17, 15) is 27.6 Å². The van der Waals surface area contributed by atoms with Crippen molar-refractivity contribution in [3.05, 3.63) is 70.9 Å². The number of alkyl halides is 3. The molecule has 0 unspecified atom stereocenters. The molecule has 0 saturated carbocycles. The van der Waals surface area contributed by atoms with Crippen LogP contribution in [0.15, 0.2) is 48.7 Å². The molecule has 29 heavy (non-hydrogen) atoms. The van der Waals surface area contributed by atoms with Crippen LogP contribution in [-0.2, 0) is 11.0 Å². The van der Waals surface area contributed by atoms with Crippen LogP contribution in [0.2, 0.25) is 0 Å². The van der Waals surface area contributed by atoms with Gasteiger partial charge in [0.25, 0.3) is 11.8 Å². The molecule has 0 bridgehead atoms. The lowest BCUT2D eigenvalue weighted by Gasteiger charge is -2.12. The maximum atomic E-state index is 12.8. The molecule has 2 aromatic rings. The van der Waals surface area contributed by atoms with Crippen LogP contribution in [0.25, 0.3) is 0 Å². The number of amides is 2. The van der Waals surface area contributed by atoms with Gasteiger partial charge >= 0.3 is 6.18 Å². The number of hydrogen-bond acceptors (Lipinski definition) is 4. The molecule has 2 N–H and O–H groups in total. The third kappa shape index (κ3) is 5.74. The molecule has 0 radical (unpaired) electrons. The number of benzene rings is 1. The lowest BCUT2D eigenvalue weighted by atomic mass is 10.1. The lowest BCUT2D eigenvalue weighted by Crippen LogP contribution is -2.31. The first-order chi connectivity index (χ1) is 13.5. The Morgan fingerprint density at radius 1 is 1.14 bits per heavy atom. The van der Waals surface area contributed by atoms with Gasteiger partial charge in [0, 0.05) is 11.8 Å². The molecule has 0 aliphatic rings. The largest absolute Gasteiger partial charge is 0.416 e. The summed E-state index contributed by atoms with van der Waals surface area (Å²) in [6, 6.07) is 5.31. The highest BCUT2D eigenvalue weighted by Gasteiger charge is 2.31. The van der Waals surface area contributed by atoms with Gasteiger partial charge in [-0.3, -0.25) is 14.4 Å². The van der Waals surface area contributed by atoms with Crippen LogP contribution in [0, 0.1) is 6.92 Å². The molecule has 1 aromatic heterocycles. The minimum Gasteiger partial charge on any atom is -0.344 e. The Morgan fingerprint density at radius 3 is 2.45 bits per heavy atom.